The zero-order valence-electron chi connectivity index (χ0n) is 12.3. The van der Waals surface area contributed by atoms with E-state index in [4.69, 9.17) is 9.52 Å². The molecular formula is C15H23NO4. The van der Waals surface area contributed by atoms with Crippen molar-refractivity contribution >= 4 is 11.9 Å². The highest BCUT2D eigenvalue weighted by atomic mass is 16.4. The standard InChI is InChI=1S/C15H23NO4/c1-15(2,3)11(6-7-13(17)18)8-9-16-14(19)12-5-4-10-20-12/h4-5,10-11H,6-9H2,1-3H3,(H,16,19)(H,17,18). The molecule has 1 amide bonds. The summed E-state index contributed by atoms with van der Waals surface area (Å²) in [6.45, 7) is 6.79. The van der Waals surface area contributed by atoms with Crippen LogP contribution in [0.15, 0.2) is 22.8 Å². The smallest absolute Gasteiger partial charge is 0.303 e. The highest BCUT2D eigenvalue weighted by Crippen LogP contribution is 2.32. The molecule has 0 aliphatic heterocycles. The molecule has 2 N–H and O–H groups in total. The maximum atomic E-state index is 11.7. The average molecular weight is 281 g/mol. The summed E-state index contributed by atoms with van der Waals surface area (Å²) in [4.78, 5) is 22.4. The molecule has 0 aliphatic carbocycles. The molecule has 1 heterocycles. The van der Waals surface area contributed by atoms with Gasteiger partial charge in [-0.2, -0.15) is 0 Å². The number of nitrogens with one attached hydrogen (secondary N) is 1. The Morgan fingerprint density at radius 1 is 1.35 bits per heavy atom. The second-order valence-electron chi connectivity index (χ2n) is 6.02. The Kier molecular flexibility index (Phi) is 5.80. The zero-order valence-corrected chi connectivity index (χ0v) is 12.3. The van der Waals surface area contributed by atoms with E-state index in [-0.39, 0.29) is 23.7 Å². The molecular weight excluding hydrogens is 258 g/mol. The van der Waals surface area contributed by atoms with E-state index in [2.05, 4.69) is 26.1 Å². The number of aliphatic carboxylic acids is 1. The van der Waals surface area contributed by atoms with Crippen LogP contribution in [0, 0.1) is 11.3 Å². The van der Waals surface area contributed by atoms with E-state index in [0.717, 1.165) is 6.42 Å². The van der Waals surface area contributed by atoms with Crippen LogP contribution < -0.4 is 5.32 Å². The normalized spacial score (nSPS) is 12.9. The van der Waals surface area contributed by atoms with Crippen LogP contribution in [0.4, 0.5) is 0 Å². The van der Waals surface area contributed by atoms with Crippen molar-refractivity contribution in [1.82, 2.24) is 5.32 Å². The van der Waals surface area contributed by atoms with E-state index in [1.54, 1.807) is 12.1 Å². The highest BCUT2D eigenvalue weighted by molar-refractivity contribution is 5.91. The van der Waals surface area contributed by atoms with Gasteiger partial charge in [0.15, 0.2) is 5.76 Å². The van der Waals surface area contributed by atoms with Crippen molar-refractivity contribution in [1.29, 1.82) is 0 Å². The van der Waals surface area contributed by atoms with Gasteiger partial charge in [0.25, 0.3) is 5.91 Å². The largest absolute Gasteiger partial charge is 0.481 e. The van der Waals surface area contributed by atoms with Gasteiger partial charge in [-0.3, -0.25) is 9.59 Å². The van der Waals surface area contributed by atoms with Crippen molar-refractivity contribution in [2.75, 3.05) is 6.54 Å². The Labute approximate surface area is 119 Å². The van der Waals surface area contributed by atoms with Crippen LogP contribution in [0.2, 0.25) is 0 Å². The summed E-state index contributed by atoms with van der Waals surface area (Å²) >= 11 is 0. The molecule has 1 aromatic rings. The monoisotopic (exact) mass is 281 g/mol. The van der Waals surface area contributed by atoms with Crippen molar-refractivity contribution in [3.05, 3.63) is 24.2 Å². The lowest BCUT2D eigenvalue weighted by atomic mass is 9.76. The molecule has 5 nitrogen and oxygen atoms in total. The van der Waals surface area contributed by atoms with Crippen LogP contribution >= 0.6 is 0 Å². The van der Waals surface area contributed by atoms with E-state index in [1.165, 1.54) is 6.26 Å². The first-order chi connectivity index (χ1) is 9.30. The van der Waals surface area contributed by atoms with E-state index in [1.807, 2.05) is 0 Å². The zero-order chi connectivity index (χ0) is 15.2. The molecule has 5 heteroatoms. The van der Waals surface area contributed by atoms with Crippen molar-refractivity contribution in [2.45, 2.75) is 40.0 Å². The first-order valence-electron chi connectivity index (χ1n) is 6.84. The summed E-state index contributed by atoms with van der Waals surface area (Å²) in [7, 11) is 0. The van der Waals surface area contributed by atoms with Gasteiger partial charge in [-0.25, -0.2) is 0 Å². The Hall–Kier alpha value is -1.78. The lowest BCUT2D eigenvalue weighted by Gasteiger charge is -2.30. The van der Waals surface area contributed by atoms with Gasteiger partial charge in [0.1, 0.15) is 0 Å². The fourth-order valence-corrected chi connectivity index (χ4v) is 2.16. The van der Waals surface area contributed by atoms with E-state index in [0.29, 0.717) is 18.7 Å². The van der Waals surface area contributed by atoms with Crippen LogP contribution in [0.3, 0.4) is 0 Å². The van der Waals surface area contributed by atoms with Crippen molar-refractivity contribution in [3.8, 4) is 0 Å². The average Bonchev–Trinajstić information content (AvgIpc) is 2.84. The number of carboxylic acids is 1. The molecule has 0 saturated carbocycles. The van der Waals surface area contributed by atoms with Crippen LogP contribution in [-0.2, 0) is 4.79 Å². The topological polar surface area (TPSA) is 79.5 Å². The van der Waals surface area contributed by atoms with E-state index in [9.17, 15) is 9.59 Å². The number of carbonyl (C=O) groups is 2. The summed E-state index contributed by atoms with van der Waals surface area (Å²) in [6.07, 6.45) is 2.99. The third kappa shape index (κ3) is 5.47. The molecule has 1 unspecified atom stereocenters. The predicted molar refractivity (Wildman–Crippen MR) is 75.5 cm³/mol. The molecule has 20 heavy (non-hydrogen) atoms. The molecule has 0 bridgehead atoms. The van der Waals surface area contributed by atoms with E-state index >= 15 is 0 Å². The van der Waals surface area contributed by atoms with Gasteiger partial charge in [-0.15, -0.1) is 0 Å². The quantitative estimate of drug-likeness (QED) is 0.805. The third-order valence-corrected chi connectivity index (χ3v) is 3.45. The molecule has 1 aromatic heterocycles. The van der Waals surface area contributed by atoms with Gasteiger partial charge in [0.2, 0.25) is 0 Å². The molecule has 0 saturated heterocycles. The summed E-state index contributed by atoms with van der Waals surface area (Å²) in [5, 5.41) is 11.6. The minimum absolute atomic E-state index is 0.0187. The molecule has 112 valence electrons. The first-order valence-corrected chi connectivity index (χ1v) is 6.84. The maximum absolute atomic E-state index is 11.7. The molecule has 0 aliphatic rings. The Balaban J connectivity index is 2.42. The summed E-state index contributed by atoms with van der Waals surface area (Å²) < 4.78 is 5.01. The fourth-order valence-electron chi connectivity index (χ4n) is 2.16. The second-order valence-corrected chi connectivity index (χ2v) is 6.02. The number of furan rings is 1. The molecule has 0 fully saturated rings. The van der Waals surface area contributed by atoms with Gasteiger partial charge in [-0.05, 0) is 36.3 Å². The van der Waals surface area contributed by atoms with Crippen LogP contribution in [0.5, 0.6) is 0 Å². The summed E-state index contributed by atoms with van der Waals surface area (Å²) in [6, 6.07) is 3.28. The molecule has 1 rings (SSSR count). The van der Waals surface area contributed by atoms with Crippen LogP contribution in [0.25, 0.3) is 0 Å². The minimum atomic E-state index is -0.779. The number of carbonyl (C=O) groups excluding carboxylic acids is 1. The maximum Gasteiger partial charge on any atom is 0.303 e. The first kappa shape index (κ1) is 16.3. The van der Waals surface area contributed by atoms with Crippen molar-refractivity contribution in [3.63, 3.8) is 0 Å². The number of rotatable bonds is 7. The SMILES string of the molecule is CC(C)(C)C(CCNC(=O)c1ccco1)CCC(=O)O. The Morgan fingerprint density at radius 3 is 2.55 bits per heavy atom. The van der Waals surface area contributed by atoms with Gasteiger partial charge < -0.3 is 14.8 Å². The van der Waals surface area contributed by atoms with E-state index < -0.39 is 5.97 Å². The summed E-state index contributed by atoms with van der Waals surface area (Å²) in [5.74, 6) is -0.474. The van der Waals surface area contributed by atoms with Crippen LogP contribution in [0.1, 0.15) is 50.6 Å². The second kappa shape index (κ2) is 7.12. The van der Waals surface area contributed by atoms with Gasteiger partial charge >= 0.3 is 5.97 Å². The molecule has 0 spiro atoms. The highest BCUT2D eigenvalue weighted by Gasteiger charge is 2.25. The fraction of sp³-hybridized carbons (Fsp3) is 0.600. The van der Waals surface area contributed by atoms with Crippen molar-refractivity contribution in [2.24, 2.45) is 11.3 Å². The van der Waals surface area contributed by atoms with Gasteiger partial charge in [0.05, 0.1) is 6.26 Å². The Bertz CT molecular complexity index is 431. The lowest BCUT2D eigenvalue weighted by Crippen LogP contribution is -2.29. The Morgan fingerprint density at radius 2 is 2.05 bits per heavy atom. The molecule has 0 aromatic carbocycles. The van der Waals surface area contributed by atoms with Gasteiger partial charge in [0, 0.05) is 13.0 Å². The summed E-state index contributed by atoms with van der Waals surface area (Å²) in [5.41, 5.74) is 0.0187. The number of hydrogen-bond donors (Lipinski definition) is 2. The number of hydrogen-bond acceptors (Lipinski definition) is 3. The third-order valence-electron chi connectivity index (χ3n) is 3.45. The van der Waals surface area contributed by atoms with Crippen molar-refractivity contribution < 1.29 is 19.1 Å². The van der Waals surface area contributed by atoms with Gasteiger partial charge in [-0.1, -0.05) is 20.8 Å². The molecule has 1 atom stereocenters. The minimum Gasteiger partial charge on any atom is -0.481 e. The lowest BCUT2D eigenvalue weighted by molar-refractivity contribution is -0.137. The predicted octanol–water partition coefficient (Wildman–Crippen LogP) is 2.93. The molecule has 0 radical (unpaired) electrons. The van der Waals surface area contributed by atoms with Crippen LogP contribution in [-0.4, -0.2) is 23.5 Å². The number of amides is 1. The number of carboxylic acid groups (broad SMARTS) is 1.